The number of aliphatic hydroxyl groups excluding tert-OH is 2. The minimum absolute atomic E-state index is 0.00289. The summed E-state index contributed by atoms with van der Waals surface area (Å²) < 4.78 is 50.5. The van der Waals surface area contributed by atoms with E-state index in [1.54, 1.807) is 25.1 Å². The van der Waals surface area contributed by atoms with Gasteiger partial charge < -0.3 is 39.9 Å². The lowest BCUT2D eigenvalue weighted by Gasteiger charge is -2.59. The van der Waals surface area contributed by atoms with Crippen LogP contribution in [0.25, 0.3) is 0 Å². The topological polar surface area (TPSA) is 185 Å². The zero-order valence-corrected chi connectivity index (χ0v) is 35.3. The van der Waals surface area contributed by atoms with Crippen molar-refractivity contribution in [2.45, 2.75) is 108 Å². The molecule has 2 aromatic rings. The number of unbranched alkanes of at least 4 members (excludes halogenated alkanes) is 2. The van der Waals surface area contributed by atoms with Gasteiger partial charge in [0.1, 0.15) is 17.1 Å². The summed E-state index contributed by atoms with van der Waals surface area (Å²) in [6, 6.07) is 10.2. The minimum Gasteiger partial charge on any atom is -0.460 e. The molecule has 1 aliphatic heterocycles. The first-order valence-corrected chi connectivity index (χ1v) is 21.6. The molecule has 6 unspecified atom stereocenters. The number of likely N-dealkylation sites (N-methyl/N-ethyl adjacent to an activating group) is 1. The molecule has 1 fully saturated rings. The Bertz CT molecular complexity index is 1940. The first-order valence-electron chi connectivity index (χ1n) is 20.2. The van der Waals surface area contributed by atoms with Crippen LogP contribution < -0.4 is 20.1 Å². The maximum atomic E-state index is 14.7. The highest BCUT2D eigenvalue weighted by molar-refractivity contribution is 7.89. The number of rotatable bonds is 18. The molecule has 0 spiro atoms. The number of oxime groups is 1. The van der Waals surface area contributed by atoms with Crippen molar-refractivity contribution in [3.05, 3.63) is 72.3 Å². The lowest BCUT2D eigenvalue weighted by molar-refractivity contribution is -0.250. The van der Waals surface area contributed by atoms with E-state index >= 15 is 0 Å². The third-order valence-electron chi connectivity index (χ3n) is 10.9. The van der Waals surface area contributed by atoms with Gasteiger partial charge in [-0.1, -0.05) is 30.1 Å². The van der Waals surface area contributed by atoms with Crippen molar-refractivity contribution >= 4 is 33.4 Å². The Balaban J connectivity index is 1.78. The third-order valence-corrected chi connectivity index (χ3v) is 12.8. The van der Waals surface area contributed by atoms with E-state index in [4.69, 9.17) is 24.2 Å². The molecule has 1 heterocycles. The summed E-state index contributed by atoms with van der Waals surface area (Å²) >= 11 is 0. The van der Waals surface area contributed by atoms with Crippen LogP contribution in [0, 0.1) is 17.8 Å². The van der Waals surface area contributed by atoms with Crippen molar-refractivity contribution in [1.29, 1.82) is 0 Å². The van der Waals surface area contributed by atoms with E-state index in [1.165, 1.54) is 42.5 Å². The van der Waals surface area contributed by atoms with Crippen LogP contribution in [0.3, 0.4) is 0 Å². The van der Waals surface area contributed by atoms with E-state index in [1.807, 2.05) is 26.8 Å². The van der Waals surface area contributed by atoms with E-state index in [-0.39, 0.29) is 54.8 Å². The number of carbonyl (C=O) groups excluding carboxylic acids is 2. The Hall–Kier alpha value is -4.28. The maximum absolute atomic E-state index is 14.7. The van der Waals surface area contributed by atoms with Crippen molar-refractivity contribution in [3.8, 4) is 11.5 Å². The minimum atomic E-state index is -4.24. The third kappa shape index (κ3) is 9.94. The van der Waals surface area contributed by atoms with E-state index in [0.29, 0.717) is 48.7 Å². The molecule has 3 aliphatic rings. The van der Waals surface area contributed by atoms with Crippen molar-refractivity contribution < 1.29 is 47.3 Å². The predicted molar refractivity (Wildman–Crippen MR) is 221 cm³/mol. The lowest BCUT2D eigenvalue weighted by atomic mass is 9.55. The number of allylic oxidation sites excluding steroid dienone is 1. The number of anilines is 1. The molecule has 4 N–H and O–H groups in total. The Labute approximate surface area is 342 Å². The molecule has 2 amide bonds. The van der Waals surface area contributed by atoms with E-state index in [2.05, 4.69) is 23.3 Å². The van der Waals surface area contributed by atoms with Crippen LogP contribution in [0.2, 0.25) is 0 Å². The van der Waals surface area contributed by atoms with Gasteiger partial charge in [-0.2, -0.15) is 4.31 Å². The lowest BCUT2D eigenvalue weighted by Crippen LogP contribution is -2.69. The molecule has 0 radical (unpaired) electrons. The van der Waals surface area contributed by atoms with Crippen LogP contribution in [0.1, 0.15) is 91.0 Å². The van der Waals surface area contributed by atoms with Crippen LogP contribution in [0.5, 0.6) is 11.5 Å². The number of fused-ring (bicyclic) bond motifs is 2. The summed E-state index contributed by atoms with van der Waals surface area (Å²) in [5.74, 6) is -2.24. The van der Waals surface area contributed by atoms with Gasteiger partial charge in [0, 0.05) is 57.3 Å². The highest BCUT2D eigenvalue weighted by Crippen LogP contribution is 2.62. The fourth-order valence-corrected chi connectivity index (χ4v) is 9.86. The van der Waals surface area contributed by atoms with Gasteiger partial charge in [0.15, 0.2) is 0 Å². The quantitative estimate of drug-likeness (QED) is 0.0735. The number of aliphatic hydroxyl groups is 2. The number of hydrogen-bond donors (Lipinski definition) is 4. The summed E-state index contributed by atoms with van der Waals surface area (Å²) in [7, 11) is -2.74. The zero-order valence-electron chi connectivity index (χ0n) is 34.5. The SMILES string of the molecule is C=CCOC12Oc3ccc(OC(=O)NCC)cc3C3C(CCCCO)C(CCCCO)C=C(C(=NOC(C)(C)C)CC1N(C)S(=O)(=O)c1ccc(NC(C)=O)cc1)C32. The Morgan fingerprint density at radius 3 is 2.38 bits per heavy atom. The van der Waals surface area contributed by atoms with Crippen molar-refractivity contribution in [2.75, 3.05) is 38.7 Å². The molecule has 2 aliphatic carbocycles. The normalized spacial score (nSPS) is 24.5. The molecule has 6 atom stereocenters. The Morgan fingerprint density at radius 1 is 1.07 bits per heavy atom. The summed E-state index contributed by atoms with van der Waals surface area (Å²) in [5, 5.41) is 29.8. The molecular weight excluding hydrogens is 765 g/mol. The number of amides is 2. The predicted octanol–water partition coefficient (Wildman–Crippen LogP) is 6.51. The molecule has 14 nitrogen and oxygen atoms in total. The standard InChI is InChI=1S/C43H60N4O10S/c1-8-24-54-43-38(47(7)58(52,53)32-19-16-30(17-20-32)45-28(3)50)27-36(46-57-42(4,5)6)34-25-29(14-10-12-22-48)33(15-11-13-23-49)39(40(34)43)35-26-31(18-21-37(35)56-43)55-41(51)44-9-2/h8,16-21,25-26,29,33,38-40,48-49H,1,9-15,22-24,27H2,2-7H3,(H,44,51)(H,45,50). The second kappa shape index (κ2) is 19.2. The fraction of sp³-hybridized carbons (Fsp3) is 0.558. The fourth-order valence-electron chi connectivity index (χ4n) is 8.49. The number of nitrogens with zero attached hydrogens (tertiary/aromatic N) is 2. The molecular formula is C43H60N4O10S. The molecule has 58 heavy (non-hydrogen) atoms. The van der Waals surface area contributed by atoms with Gasteiger partial charge in [-0.3, -0.25) is 4.79 Å². The van der Waals surface area contributed by atoms with E-state index in [0.717, 1.165) is 30.4 Å². The van der Waals surface area contributed by atoms with Gasteiger partial charge in [0.05, 0.1) is 29.2 Å². The van der Waals surface area contributed by atoms with Crippen LogP contribution in [0.15, 0.2) is 76.8 Å². The highest BCUT2D eigenvalue weighted by Gasteiger charge is 2.65. The van der Waals surface area contributed by atoms with Crippen LogP contribution in [0.4, 0.5) is 10.5 Å². The second-order valence-corrected chi connectivity index (χ2v) is 18.1. The number of nitrogens with one attached hydrogen (secondary N) is 2. The molecule has 5 rings (SSSR count). The maximum Gasteiger partial charge on any atom is 0.412 e. The van der Waals surface area contributed by atoms with Crippen LogP contribution in [-0.4, -0.2) is 91.5 Å². The summed E-state index contributed by atoms with van der Waals surface area (Å²) in [5.41, 5.74) is 1.92. The summed E-state index contributed by atoms with van der Waals surface area (Å²) in [6.07, 6.45) is 7.43. The number of hydrogen-bond acceptors (Lipinski definition) is 11. The average molecular weight is 825 g/mol. The van der Waals surface area contributed by atoms with Gasteiger partial charge in [0.25, 0.3) is 0 Å². The first kappa shape index (κ1) is 44.8. The van der Waals surface area contributed by atoms with Gasteiger partial charge in [-0.05, 0) is 113 Å². The van der Waals surface area contributed by atoms with Gasteiger partial charge in [-0.25, -0.2) is 13.2 Å². The second-order valence-electron chi connectivity index (χ2n) is 16.1. The van der Waals surface area contributed by atoms with Gasteiger partial charge in [-0.15, -0.1) is 6.58 Å². The number of carbonyl (C=O) groups is 2. The number of sulfonamides is 1. The monoisotopic (exact) mass is 824 g/mol. The molecule has 15 heteroatoms. The molecule has 2 aromatic carbocycles. The molecule has 318 valence electrons. The van der Waals surface area contributed by atoms with Crippen LogP contribution >= 0.6 is 0 Å². The summed E-state index contributed by atoms with van der Waals surface area (Å²) in [6.45, 7) is 13.3. The number of benzene rings is 2. The largest absolute Gasteiger partial charge is 0.460 e. The molecule has 0 bridgehead atoms. The first-order chi connectivity index (χ1) is 27.6. The molecule has 0 saturated heterocycles. The molecule has 0 aromatic heterocycles. The van der Waals surface area contributed by atoms with Gasteiger partial charge >= 0.3 is 6.09 Å². The van der Waals surface area contributed by atoms with Gasteiger partial charge in [0.2, 0.25) is 21.7 Å². The average Bonchev–Trinajstić information content (AvgIpc) is 3.17. The van der Waals surface area contributed by atoms with Crippen LogP contribution in [-0.2, 0) is 24.4 Å². The van der Waals surface area contributed by atoms with Crippen molar-refractivity contribution in [3.63, 3.8) is 0 Å². The smallest absolute Gasteiger partial charge is 0.412 e. The zero-order chi connectivity index (χ0) is 42.3. The van der Waals surface area contributed by atoms with Crippen molar-refractivity contribution in [2.24, 2.45) is 22.9 Å². The number of ether oxygens (including phenoxy) is 3. The molecule has 1 saturated carbocycles. The Morgan fingerprint density at radius 2 is 1.76 bits per heavy atom. The summed E-state index contributed by atoms with van der Waals surface area (Å²) in [4.78, 5) is 30.5. The van der Waals surface area contributed by atoms with E-state index < -0.39 is 39.5 Å². The highest BCUT2D eigenvalue weighted by atomic mass is 32.2. The van der Waals surface area contributed by atoms with E-state index in [9.17, 15) is 28.2 Å². The van der Waals surface area contributed by atoms with Crippen molar-refractivity contribution in [1.82, 2.24) is 9.62 Å². The Kier molecular flexibility index (Phi) is 14.8.